The molecule has 1 fully saturated rings. The van der Waals surface area contributed by atoms with Gasteiger partial charge in [0.05, 0.1) is 0 Å². The second-order valence-electron chi connectivity index (χ2n) is 6.04. The van der Waals surface area contributed by atoms with E-state index in [9.17, 15) is 4.79 Å². The molecular weight excluding hydrogens is 230 g/mol. The average Bonchev–Trinajstić information content (AvgIpc) is 2.35. The topological polar surface area (TPSA) is 87.7 Å². The van der Waals surface area contributed by atoms with Crippen LogP contribution in [0.2, 0.25) is 0 Å². The van der Waals surface area contributed by atoms with E-state index in [4.69, 9.17) is 10.9 Å². The first-order valence-corrected chi connectivity index (χ1v) is 6.62. The zero-order valence-corrected chi connectivity index (χ0v) is 11.6. The standard InChI is InChI=1S/C13H25N3O2/c1-9-4-6-10(7-5-9)11(17)15-8-13(2,3)12(14)16-18/h9-10,18H,4-8H2,1-3H3,(H2,14,16)(H,15,17). The van der Waals surface area contributed by atoms with E-state index in [0.29, 0.717) is 6.54 Å². The molecule has 4 N–H and O–H groups in total. The molecule has 104 valence electrons. The molecule has 1 aliphatic rings. The summed E-state index contributed by atoms with van der Waals surface area (Å²) in [7, 11) is 0. The molecule has 0 aliphatic heterocycles. The van der Waals surface area contributed by atoms with Crippen LogP contribution >= 0.6 is 0 Å². The van der Waals surface area contributed by atoms with Crippen molar-refractivity contribution in [1.29, 1.82) is 0 Å². The second kappa shape index (κ2) is 6.07. The van der Waals surface area contributed by atoms with Crippen molar-refractivity contribution in [2.24, 2.45) is 28.1 Å². The molecule has 0 bridgehead atoms. The Labute approximate surface area is 109 Å². The van der Waals surface area contributed by atoms with Crippen LogP contribution in [0.25, 0.3) is 0 Å². The first-order chi connectivity index (χ1) is 8.36. The van der Waals surface area contributed by atoms with Crippen LogP contribution in [0.1, 0.15) is 46.5 Å². The molecule has 0 atom stereocenters. The van der Waals surface area contributed by atoms with Crippen molar-refractivity contribution in [3.8, 4) is 0 Å². The van der Waals surface area contributed by atoms with Gasteiger partial charge in [0.25, 0.3) is 0 Å². The van der Waals surface area contributed by atoms with E-state index >= 15 is 0 Å². The largest absolute Gasteiger partial charge is 0.409 e. The van der Waals surface area contributed by atoms with Crippen LogP contribution in [0.5, 0.6) is 0 Å². The van der Waals surface area contributed by atoms with Gasteiger partial charge in [-0.05, 0) is 31.6 Å². The maximum Gasteiger partial charge on any atom is 0.223 e. The van der Waals surface area contributed by atoms with Gasteiger partial charge in [-0.3, -0.25) is 4.79 Å². The third-order valence-corrected chi connectivity index (χ3v) is 3.89. The van der Waals surface area contributed by atoms with E-state index in [1.165, 1.54) is 0 Å². The highest BCUT2D eigenvalue weighted by Gasteiger charge is 2.28. The van der Waals surface area contributed by atoms with Gasteiger partial charge in [0.1, 0.15) is 5.84 Å². The van der Waals surface area contributed by atoms with Gasteiger partial charge in [0.15, 0.2) is 0 Å². The van der Waals surface area contributed by atoms with Crippen LogP contribution in [0.15, 0.2) is 5.16 Å². The quantitative estimate of drug-likeness (QED) is 0.309. The maximum atomic E-state index is 12.0. The molecule has 0 saturated heterocycles. The number of hydrogen-bond donors (Lipinski definition) is 3. The molecule has 1 rings (SSSR count). The van der Waals surface area contributed by atoms with Gasteiger partial charge in [-0.25, -0.2) is 0 Å². The van der Waals surface area contributed by atoms with E-state index < -0.39 is 5.41 Å². The number of nitrogens with one attached hydrogen (secondary N) is 1. The fraction of sp³-hybridized carbons (Fsp3) is 0.846. The van der Waals surface area contributed by atoms with Gasteiger partial charge in [-0.15, -0.1) is 0 Å². The Bertz CT molecular complexity index is 318. The summed E-state index contributed by atoms with van der Waals surface area (Å²) in [6, 6.07) is 0. The van der Waals surface area contributed by atoms with Crippen molar-refractivity contribution in [2.75, 3.05) is 6.54 Å². The van der Waals surface area contributed by atoms with E-state index in [0.717, 1.165) is 31.6 Å². The number of amides is 1. The Hall–Kier alpha value is -1.26. The molecule has 0 radical (unpaired) electrons. The predicted octanol–water partition coefficient (Wildman–Crippen LogP) is 1.70. The molecule has 5 nitrogen and oxygen atoms in total. The van der Waals surface area contributed by atoms with Crippen LogP contribution in [0, 0.1) is 17.3 Å². The zero-order valence-electron chi connectivity index (χ0n) is 11.6. The lowest BCUT2D eigenvalue weighted by atomic mass is 9.82. The van der Waals surface area contributed by atoms with Crippen LogP contribution in [0.3, 0.4) is 0 Å². The van der Waals surface area contributed by atoms with Crippen molar-refractivity contribution in [2.45, 2.75) is 46.5 Å². The predicted molar refractivity (Wildman–Crippen MR) is 71.3 cm³/mol. The number of carbonyl (C=O) groups excluding carboxylic acids is 1. The smallest absolute Gasteiger partial charge is 0.223 e. The number of oxime groups is 1. The van der Waals surface area contributed by atoms with Gasteiger partial charge >= 0.3 is 0 Å². The van der Waals surface area contributed by atoms with Gasteiger partial charge in [-0.1, -0.05) is 25.9 Å². The molecule has 0 unspecified atom stereocenters. The molecule has 0 aromatic heterocycles. The van der Waals surface area contributed by atoms with Crippen LogP contribution in [0.4, 0.5) is 0 Å². The van der Waals surface area contributed by atoms with E-state index in [1.807, 2.05) is 13.8 Å². The average molecular weight is 255 g/mol. The normalized spacial score (nSPS) is 25.8. The minimum absolute atomic E-state index is 0.0979. The minimum Gasteiger partial charge on any atom is -0.409 e. The molecule has 18 heavy (non-hydrogen) atoms. The SMILES string of the molecule is CC1CCC(C(=O)NCC(C)(C)C(N)=NO)CC1. The maximum absolute atomic E-state index is 12.0. The Morgan fingerprint density at radius 1 is 1.39 bits per heavy atom. The third kappa shape index (κ3) is 3.89. The monoisotopic (exact) mass is 255 g/mol. The van der Waals surface area contributed by atoms with Gasteiger partial charge < -0.3 is 16.3 Å². The number of nitrogens with zero attached hydrogens (tertiary/aromatic N) is 1. The summed E-state index contributed by atoms with van der Waals surface area (Å²) in [6.45, 7) is 6.31. The van der Waals surface area contributed by atoms with Crippen molar-refractivity contribution in [1.82, 2.24) is 5.32 Å². The van der Waals surface area contributed by atoms with Crippen molar-refractivity contribution < 1.29 is 10.0 Å². The molecule has 0 heterocycles. The van der Waals surface area contributed by atoms with Crippen LogP contribution in [-0.4, -0.2) is 23.5 Å². The first-order valence-electron chi connectivity index (χ1n) is 6.62. The summed E-state index contributed by atoms with van der Waals surface area (Å²) < 4.78 is 0. The molecule has 5 heteroatoms. The fourth-order valence-corrected chi connectivity index (χ4v) is 2.20. The lowest BCUT2D eigenvalue weighted by Crippen LogP contribution is -2.44. The Kier molecular flexibility index (Phi) is 4.99. The van der Waals surface area contributed by atoms with Gasteiger partial charge in [-0.2, -0.15) is 0 Å². The number of nitrogens with two attached hydrogens (primary N) is 1. The van der Waals surface area contributed by atoms with E-state index in [2.05, 4.69) is 17.4 Å². The summed E-state index contributed by atoms with van der Waals surface area (Å²) in [6.07, 6.45) is 4.19. The summed E-state index contributed by atoms with van der Waals surface area (Å²) in [5, 5.41) is 14.6. The van der Waals surface area contributed by atoms with Crippen molar-refractivity contribution in [3.63, 3.8) is 0 Å². The first kappa shape index (κ1) is 14.8. The van der Waals surface area contributed by atoms with Crippen molar-refractivity contribution >= 4 is 11.7 Å². The third-order valence-electron chi connectivity index (χ3n) is 3.89. The lowest BCUT2D eigenvalue weighted by Gasteiger charge is -2.28. The zero-order chi connectivity index (χ0) is 13.8. The molecule has 1 saturated carbocycles. The second-order valence-corrected chi connectivity index (χ2v) is 6.04. The molecule has 0 spiro atoms. The van der Waals surface area contributed by atoms with Gasteiger partial charge in [0, 0.05) is 17.9 Å². The summed E-state index contributed by atoms with van der Waals surface area (Å²) in [4.78, 5) is 12.0. The highest BCUT2D eigenvalue weighted by Crippen LogP contribution is 2.28. The highest BCUT2D eigenvalue weighted by atomic mass is 16.4. The molecule has 1 aliphatic carbocycles. The number of carbonyl (C=O) groups is 1. The fourth-order valence-electron chi connectivity index (χ4n) is 2.20. The number of hydrogen-bond acceptors (Lipinski definition) is 3. The van der Waals surface area contributed by atoms with E-state index in [1.54, 1.807) is 0 Å². The van der Waals surface area contributed by atoms with E-state index in [-0.39, 0.29) is 17.7 Å². The highest BCUT2D eigenvalue weighted by molar-refractivity contribution is 5.86. The lowest BCUT2D eigenvalue weighted by molar-refractivity contribution is -0.126. The number of rotatable bonds is 4. The Morgan fingerprint density at radius 2 is 1.94 bits per heavy atom. The summed E-state index contributed by atoms with van der Waals surface area (Å²) >= 11 is 0. The minimum atomic E-state index is -0.521. The van der Waals surface area contributed by atoms with Crippen LogP contribution in [-0.2, 0) is 4.79 Å². The summed E-state index contributed by atoms with van der Waals surface area (Å²) in [5.74, 6) is 1.10. The summed E-state index contributed by atoms with van der Waals surface area (Å²) in [5.41, 5.74) is 5.06. The van der Waals surface area contributed by atoms with Crippen LogP contribution < -0.4 is 11.1 Å². The molecular formula is C13H25N3O2. The molecule has 0 aromatic rings. The Balaban J connectivity index is 2.42. The van der Waals surface area contributed by atoms with Gasteiger partial charge in [0.2, 0.25) is 5.91 Å². The Morgan fingerprint density at radius 3 is 2.44 bits per heavy atom. The molecule has 1 amide bonds. The number of amidine groups is 1. The molecule has 0 aromatic carbocycles. The van der Waals surface area contributed by atoms with Crippen molar-refractivity contribution in [3.05, 3.63) is 0 Å².